The Balaban J connectivity index is 1.16. The lowest BCUT2D eigenvalue weighted by Gasteiger charge is -2.48. The van der Waals surface area contributed by atoms with Crippen LogP contribution in [0.1, 0.15) is 101 Å². The molecule has 1 amide bonds. The molecule has 4 saturated heterocycles. The maximum Gasteiger partial charge on any atom is 0.316 e. The van der Waals surface area contributed by atoms with Crippen molar-refractivity contribution < 1.29 is 67.2 Å². The number of allylic oxidation sites excluding steroid dienone is 2. The standard InChI is InChI=1S/C51H74N2O14/c1-12-27(2)45-30(5)18-19-49(67-45)24-37-21-36(66-49)17-16-29(4)44(28(3)14-13-15-35-25-60-47-43(55)31(6)20-38(48(56)63-37)51(35,47)57)64-41-22-39(58-10)46(32(7)61-41)65-42-23-40(59-11)50(26-52,33(8)62-42)53-34(9)54/h13-16,18-20,27-28,30,32-33,36-47,55,57H,12,17,21-25H2,1-11H3,(H,53,54)/t27?,28?,30-,32-,33-,36+,37-,38-,39-,40-,41?,42?,43+,44-,45+,46-,47?,49+,50+,51+/m0/s1. The number of nitriles is 1. The van der Waals surface area contributed by atoms with Gasteiger partial charge in [0.1, 0.15) is 42.0 Å². The highest BCUT2D eigenvalue weighted by atomic mass is 16.7. The molecule has 16 nitrogen and oxygen atoms in total. The van der Waals surface area contributed by atoms with Gasteiger partial charge in [0.2, 0.25) is 5.91 Å². The minimum Gasteiger partial charge on any atom is -0.462 e. The number of ether oxygens (including phenoxy) is 10. The lowest BCUT2D eigenvalue weighted by atomic mass is 9.71. The summed E-state index contributed by atoms with van der Waals surface area (Å²) < 4.78 is 64.3. The van der Waals surface area contributed by atoms with Crippen LogP contribution < -0.4 is 5.32 Å². The van der Waals surface area contributed by atoms with Crippen molar-refractivity contribution in [2.24, 2.45) is 23.7 Å². The summed E-state index contributed by atoms with van der Waals surface area (Å²) in [6, 6.07) is 2.22. The predicted molar refractivity (Wildman–Crippen MR) is 243 cm³/mol. The molecule has 2 bridgehead atoms. The smallest absolute Gasteiger partial charge is 0.316 e. The first-order valence-corrected chi connectivity index (χ1v) is 24.2. The Hall–Kier alpha value is -3.31. The average molecular weight is 939 g/mol. The summed E-state index contributed by atoms with van der Waals surface area (Å²) in [5, 5.41) is 36.7. The van der Waals surface area contributed by atoms with Gasteiger partial charge in [-0.05, 0) is 62.8 Å². The second kappa shape index (κ2) is 21.0. The van der Waals surface area contributed by atoms with Crippen molar-refractivity contribution in [3.8, 4) is 6.07 Å². The molecule has 0 aromatic rings. The number of rotatable bonds is 9. The van der Waals surface area contributed by atoms with Gasteiger partial charge in [-0.15, -0.1) is 0 Å². The molecule has 372 valence electrons. The zero-order valence-electron chi connectivity index (χ0n) is 41.0. The van der Waals surface area contributed by atoms with E-state index < -0.39 is 102 Å². The van der Waals surface area contributed by atoms with Crippen LogP contribution >= 0.6 is 0 Å². The van der Waals surface area contributed by atoms with Gasteiger partial charge in [-0.25, -0.2) is 0 Å². The van der Waals surface area contributed by atoms with Crippen molar-refractivity contribution in [2.75, 3.05) is 20.8 Å². The summed E-state index contributed by atoms with van der Waals surface area (Å²) in [6.45, 7) is 17.2. The number of amides is 1. The van der Waals surface area contributed by atoms with E-state index in [2.05, 4.69) is 44.3 Å². The SMILES string of the molecule is CCC(C)[C@H]1O[C@]2(C=C[C@@H]1C)C[C@@H]1C[C@@H](CC=C(C)[C@@H](OC3C[C@H](OC)[C@@H](OC4C[C@H](OC)[C@](C#N)(NC(C)=O)[C@H](C)O4)[C@H](C)O3)C(C)C=CC=C3COC4[C@H](O)C(C)=C[C@@H](C(=O)O1)[C@]34O)O2. The number of aliphatic hydroxyl groups excluding tert-OH is 1. The molecule has 4 fully saturated rings. The zero-order valence-corrected chi connectivity index (χ0v) is 41.0. The van der Waals surface area contributed by atoms with Crippen LogP contribution in [0.2, 0.25) is 0 Å². The Labute approximate surface area is 395 Å². The molecule has 5 unspecified atom stereocenters. The van der Waals surface area contributed by atoms with Crippen molar-refractivity contribution >= 4 is 11.9 Å². The third kappa shape index (κ3) is 10.3. The quantitative estimate of drug-likeness (QED) is 0.195. The lowest BCUT2D eigenvalue weighted by Crippen LogP contribution is -2.67. The lowest BCUT2D eigenvalue weighted by molar-refractivity contribution is -0.315. The molecular weight excluding hydrogens is 865 g/mol. The van der Waals surface area contributed by atoms with Crippen LogP contribution in [0.4, 0.5) is 0 Å². The largest absolute Gasteiger partial charge is 0.462 e. The zero-order chi connectivity index (χ0) is 48.6. The number of hydrogen-bond donors (Lipinski definition) is 3. The second-order valence-electron chi connectivity index (χ2n) is 20.0. The van der Waals surface area contributed by atoms with Crippen LogP contribution in [-0.2, 0) is 57.0 Å². The number of carbonyl (C=O) groups is 2. The van der Waals surface area contributed by atoms with Crippen molar-refractivity contribution in [3.63, 3.8) is 0 Å². The van der Waals surface area contributed by atoms with Gasteiger partial charge >= 0.3 is 5.97 Å². The third-order valence-corrected chi connectivity index (χ3v) is 15.3. The molecule has 6 heterocycles. The van der Waals surface area contributed by atoms with Crippen molar-refractivity contribution in [3.05, 3.63) is 59.3 Å². The first kappa shape index (κ1) is 51.5. The van der Waals surface area contributed by atoms with E-state index in [1.165, 1.54) is 14.0 Å². The molecule has 67 heavy (non-hydrogen) atoms. The topological polar surface area (TPSA) is 203 Å². The van der Waals surface area contributed by atoms with E-state index in [1.807, 2.05) is 39.0 Å². The van der Waals surface area contributed by atoms with Crippen LogP contribution in [0.5, 0.6) is 0 Å². The van der Waals surface area contributed by atoms with E-state index >= 15 is 0 Å². The fourth-order valence-corrected chi connectivity index (χ4v) is 11.3. The van der Waals surface area contributed by atoms with Gasteiger partial charge in [0, 0.05) is 58.7 Å². The monoisotopic (exact) mass is 939 g/mol. The molecule has 3 N–H and O–H groups in total. The van der Waals surface area contributed by atoms with Crippen LogP contribution in [0.15, 0.2) is 59.3 Å². The number of nitrogens with zero attached hydrogens (tertiary/aromatic N) is 1. The van der Waals surface area contributed by atoms with Gasteiger partial charge in [-0.1, -0.05) is 70.6 Å². The van der Waals surface area contributed by atoms with E-state index in [4.69, 9.17) is 47.4 Å². The van der Waals surface area contributed by atoms with E-state index in [0.29, 0.717) is 30.4 Å². The van der Waals surface area contributed by atoms with Gasteiger partial charge in [-0.3, -0.25) is 9.59 Å². The molecule has 16 heteroatoms. The predicted octanol–water partition coefficient (Wildman–Crippen LogP) is 5.41. The molecule has 0 saturated carbocycles. The highest BCUT2D eigenvalue weighted by Crippen LogP contribution is 2.47. The summed E-state index contributed by atoms with van der Waals surface area (Å²) in [5.41, 5.74) is -1.35. The van der Waals surface area contributed by atoms with E-state index in [-0.39, 0.29) is 49.2 Å². The number of carbonyl (C=O) groups excluding carboxylic acids is 2. The third-order valence-electron chi connectivity index (χ3n) is 15.3. The number of esters is 1. The minimum atomic E-state index is -1.86. The minimum absolute atomic E-state index is 0.0118. The summed E-state index contributed by atoms with van der Waals surface area (Å²) in [5.74, 6) is -3.07. The Bertz CT molecular complexity index is 2000. The summed E-state index contributed by atoms with van der Waals surface area (Å²) in [4.78, 5) is 26.5. The highest BCUT2D eigenvalue weighted by Gasteiger charge is 2.60. The summed E-state index contributed by atoms with van der Waals surface area (Å²) in [6.07, 6.45) is 7.63. The first-order valence-electron chi connectivity index (χ1n) is 24.2. The second-order valence-corrected chi connectivity index (χ2v) is 20.0. The van der Waals surface area contributed by atoms with Crippen LogP contribution in [0, 0.1) is 35.0 Å². The Morgan fingerprint density at radius 2 is 1.75 bits per heavy atom. The van der Waals surface area contributed by atoms with E-state index in [1.54, 1.807) is 33.1 Å². The van der Waals surface area contributed by atoms with Crippen LogP contribution in [0.25, 0.3) is 0 Å². The molecule has 6 aliphatic heterocycles. The number of aliphatic hydroxyl groups is 2. The number of nitrogens with one attached hydrogen (secondary N) is 1. The van der Waals surface area contributed by atoms with Gasteiger partial charge in [0.15, 0.2) is 23.9 Å². The van der Waals surface area contributed by atoms with E-state index in [0.717, 1.165) is 12.0 Å². The number of hydrogen-bond acceptors (Lipinski definition) is 15. The molecule has 20 atom stereocenters. The molecule has 1 aliphatic carbocycles. The molecule has 7 aliphatic rings. The number of methoxy groups -OCH3 is 2. The fraction of sp³-hybridized carbons (Fsp3) is 0.745. The normalized spacial score (nSPS) is 45.2. The van der Waals surface area contributed by atoms with E-state index in [9.17, 15) is 25.1 Å². The molecule has 7 rings (SSSR count). The summed E-state index contributed by atoms with van der Waals surface area (Å²) in [7, 11) is 3.11. The average Bonchev–Trinajstić information content (AvgIpc) is 3.63. The van der Waals surface area contributed by atoms with Crippen molar-refractivity contribution in [1.82, 2.24) is 5.32 Å². The maximum absolute atomic E-state index is 14.4. The van der Waals surface area contributed by atoms with Gasteiger partial charge in [0.05, 0.1) is 49.3 Å². The summed E-state index contributed by atoms with van der Waals surface area (Å²) >= 11 is 0. The molecule has 1 spiro atoms. The van der Waals surface area contributed by atoms with Crippen LogP contribution in [-0.4, -0.2) is 140 Å². The molecular formula is C51H74N2O14. The van der Waals surface area contributed by atoms with Gasteiger partial charge in [-0.2, -0.15) is 5.26 Å². The van der Waals surface area contributed by atoms with Gasteiger partial charge < -0.3 is 62.9 Å². The Morgan fingerprint density at radius 3 is 2.43 bits per heavy atom. The highest BCUT2D eigenvalue weighted by molar-refractivity contribution is 5.78. The maximum atomic E-state index is 14.4. The Kier molecular flexibility index (Phi) is 16.1. The fourth-order valence-electron chi connectivity index (χ4n) is 11.3. The molecule has 0 aromatic carbocycles. The Morgan fingerprint density at radius 1 is 1.00 bits per heavy atom. The molecule has 0 aromatic heterocycles. The van der Waals surface area contributed by atoms with Gasteiger partial charge in [0.25, 0.3) is 0 Å². The van der Waals surface area contributed by atoms with Crippen LogP contribution in [0.3, 0.4) is 0 Å². The van der Waals surface area contributed by atoms with Crippen molar-refractivity contribution in [1.29, 1.82) is 5.26 Å². The number of fused-ring (bicyclic) bond motifs is 2. The first-order chi connectivity index (χ1) is 31.8. The molecule has 0 radical (unpaired) electrons. The van der Waals surface area contributed by atoms with Crippen molar-refractivity contribution in [2.45, 2.75) is 197 Å².